The van der Waals surface area contributed by atoms with E-state index in [2.05, 4.69) is 32.5 Å². The molecular weight excluding hydrogens is 461 g/mol. The van der Waals surface area contributed by atoms with Crippen LogP contribution in [0.25, 0.3) is 22.6 Å². The molecule has 1 atom stereocenters. The monoisotopic (exact) mass is 482 g/mol. The van der Waals surface area contributed by atoms with Gasteiger partial charge in [-0.05, 0) is 49.8 Å². The van der Waals surface area contributed by atoms with E-state index in [0.717, 1.165) is 41.9 Å². The Balaban J connectivity index is 1.36. The van der Waals surface area contributed by atoms with Crippen molar-refractivity contribution in [2.45, 2.75) is 19.0 Å². The third kappa shape index (κ3) is 4.94. The maximum absolute atomic E-state index is 13.7. The van der Waals surface area contributed by atoms with Gasteiger partial charge >= 0.3 is 6.01 Å². The highest BCUT2D eigenvalue weighted by Gasteiger charge is 2.21. The van der Waals surface area contributed by atoms with E-state index in [1.807, 2.05) is 6.07 Å². The highest BCUT2D eigenvalue weighted by molar-refractivity contribution is 5.59. The first kappa shape index (κ1) is 22.8. The van der Waals surface area contributed by atoms with Gasteiger partial charge in [-0.1, -0.05) is 23.4 Å². The minimum absolute atomic E-state index is 0.0178. The van der Waals surface area contributed by atoms with Crippen LogP contribution in [-0.4, -0.2) is 51.0 Å². The number of halogens is 3. The summed E-state index contributed by atoms with van der Waals surface area (Å²) < 4.78 is 47.1. The molecule has 4 aromatic rings. The number of likely N-dealkylation sites (tertiary alicyclic amines) is 1. The smallest absolute Gasteiger partial charge is 0.322 e. The zero-order valence-corrected chi connectivity index (χ0v) is 18.7. The molecule has 0 aliphatic carbocycles. The van der Waals surface area contributed by atoms with Crippen molar-refractivity contribution in [3.8, 4) is 22.6 Å². The fourth-order valence-corrected chi connectivity index (χ4v) is 4.03. The first-order chi connectivity index (χ1) is 16.9. The lowest BCUT2D eigenvalue weighted by Crippen LogP contribution is -2.23. The van der Waals surface area contributed by atoms with Crippen LogP contribution in [0.1, 0.15) is 12.0 Å². The number of rotatable bonds is 6. The maximum Gasteiger partial charge on any atom is 0.322 e. The molecule has 2 aromatic heterocycles. The molecule has 1 unspecified atom stereocenters. The van der Waals surface area contributed by atoms with Gasteiger partial charge in [0, 0.05) is 29.8 Å². The molecule has 2 aromatic carbocycles. The second-order valence-electron chi connectivity index (χ2n) is 8.48. The summed E-state index contributed by atoms with van der Waals surface area (Å²) in [7, 11) is 2.05. The molecule has 1 aliphatic rings. The molecule has 8 nitrogen and oxygen atoms in total. The van der Waals surface area contributed by atoms with E-state index in [0.29, 0.717) is 17.4 Å². The van der Waals surface area contributed by atoms with Gasteiger partial charge in [0.25, 0.3) is 5.56 Å². The largest absolute Gasteiger partial charge is 0.334 e. The van der Waals surface area contributed by atoms with Gasteiger partial charge in [-0.2, -0.15) is 10.1 Å². The molecule has 1 saturated heterocycles. The summed E-state index contributed by atoms with van der Waals surface area (Å²) >= 11 is 0. The second-order valence-corrected chi connectivity index (χ2v) is 8.48. The normalized spacial score (nSPS) is 16.1. The predicted molar refractivity (Wildman–Crippen MR) is 122 cm³/mol. The lowest BCUT2D eigenvalue weighted by atomic mass is 10.1. The van der Waals surface area contributed by atoms with Crippen molar-refractivity contribution in [1.29, 1.82) is 0 Å². The Morgan fingerprint density at radius 1 is 1.09 bits per heavy atom. The number of hydrogen-bond donors (Lipinski definition) is 1. The van der Waals surface area contributed by atoms with Crippen molar-refractivity contribution in [1.82, 2.24) is 24.8 Å². The number of nitrogens with zero attached hydrogens (tertiary/aromatic N) is 5. The Bertz CT molecular complexity index is 1410. The van der Waals surface area contributed by atoms with E-state index in [-0.39, 0.29) is 23.8 Å². The Labute approximate surface area is 198 Å². The number of aromatic nitrogens is 4. The topological polar surface area (TPSA) is 89.1 Å². The first-order valence-corrected chi connectivity index (χ1v) is 11.0. The van der Waals surface area contributed by atoms with Gasteiger partial charge < -0.3 is 14.7 Å². The van der Waals surface area contributed by atoms with E-state index >= 15 is 0 Å². The van der Waals surface area contributed by atoms with Crippen molar-refractivity contribution in [2.75, 3.05) is 25.5 Å². The van der Waals surface area contributed by atoms with Crippen molar-refractivity contribution in [3.63, 3.8) is 0 Å². The fourth-order valence-electron chi connectivity index (χ4n) is 4.03. The van der Waals surface area contributed by atoms with Crippen molar-refractivity contribution >= 4 is 6.01 Å². The average molecular weight is 482 g/mol. The summed E-state index contributed by atoms with van der Waals surface area (Å²) in [5.74, 6) is -3.83. The first-order valence-electron chi connectivity index (χ1n) is 11.0. The highest BCUT2D eigenvalue weighted by atomic mass is 19.2. The Morgan fingerprint density at radius 3 is 2.63 bits per heavy atom. The lowest BCUT2D eigenvalue weighted by Gasteiger charge is -2.09. The molecule has 1 fully saturated rings. The number of benzene rings is 2. The van der Waals surface area contributed by atoms with Crippen LogP contribution in [0.3, 0.4) is 0 Å². The van der Waals surface area contributed by atoms with Gasteiger partial charge in [-0.25, -0.2) is 17.9 Å². The summed E-state index contributed by atoms with van der Waals surface area (Å²) in [5.41, 5.74) is 1.15. The lowest BCUT2D eigenvalue weighted by molar-refractivity contribution is 0.406. The molecule has 180 valence electrons. The fraction of sp³-hybridized carbons (Fsp3) is 0.250. The number of nitrogens with one attached hydrogen (secondary N) is 1. The van der Waals surface area contributed by atoms with Crippen molar-refractivity contribution in [2.24, 2.45) is 0 Å². The van der Waals surface area contributed by atoms with E-state index in [9.17, 15) is 18.0 Å². The SMILES string of the molecule is CN1CCC(Nc2nc(-c3cccc(Cn4nc(-c5cc(F)c(F)c(F)c5)ccc4=O)c3)no2)C1. The second kappa shape index (κ2) is 9.34. The Kier molecular flexibility index (Phi) is 6.08. The summed E-state index contributed by atoms with van der Waals surface area (Å²) in [4.78, 5) is 19.0. The quantitative estimate of drug-likeness (QED) is 0.421. The molecule has 0 spiro atoms. The Morgan fingerprint density at radius 2 is 1.89 bits per heavy atom. The highest BCUT2D eigenvalue weighted by Crippen LogP contribution is 2.23. The van der Waals surface area contributed by atoms with Crippen LogP contribution in [-0.2, 0) is 6.54 Å². The minimum atomic E-state index is -1.56. The molecule has 11 heteroatoms. The van der Waals surface area contributed by atoms with Crippen LogP contribution >= 0.6 is 0 Å². The van der Waals surface area contributed by atoms with Crippen LogP contribution in [0.4, 0.5) is 19.2 Å². The minimum Gasteiger partial charge on any atom is -0.334 e. The van der Waals surface area contributed by atoms with Gasteiger partial charge in [-0.15, -0.1) is 0 Å². The predicted octanol–water partition coefficient (Wildman–Crippen LogP) is 3.54. The molecule has 35 heavy (non-hydrogen) atoms. The van der Waals surface area contributed by atoms with Gasteiger partial charge in [0.2, 0.25) is 5.82 Å². The standard InChI is InChI=1S/C24H21F3N6O2/c1-32-8-7-17(13-32)28-24-29-23(31-35-24)15-4-2-3-14(9-15)12-33-21(34)6-5-20(30-33)16-10-18(25)22(27)19(26)11-16/h2-6,9-11,17H,7-8,12-13H2,1H3,(H,28,29,31). The molecule has 1 aliphatic heterocycles. The molecule has 1 N–H and O–H groups in total. The zero-order chi connectivity index (χ0) is 24.5. The zero-order valence-electron chi connectivity index (χ0n) is 18.7. The van der Waals surface area contributed by atoms with Gasteiger partial charge in [0.05, 0.1) is 12.2 Å². The van der Waals surface area contributed by atoms with Gasteiger partial charge in [0.15, 0.2) is 17.5 Å². The van der Waals surface area contributed by atoms with Crippen LogP contribution in [0, 0.1) is 17.5 Å². The Hall–Kier alpha value is -3.99. The van der Waals surface area contributed by atoms with E-state index in [4.69, 9.17) is 4.52 Å². The molecule has 5 rings (SSSR count). The van der Waals surface area contributed by atoms with E-state index in [1.165, 1.54) is 12.1 Å². The summed E-state index contributed by atoms with van der Waals surface area (Å²) in [6.07, 6.45) is 0.988. The summed E-state index contributed by atoms with van der Waals surface area (Å²) in [5, 5.41) is 11.5. The molecular formula is C24H21F3N6O2. The number of anilines is 1. The van der Waals surface area contributed by atoms with Gasteiger partial charge in [0.1, 0.15) is 0 Å². The third-order valence-electron chi connectivity index (χ3n) is 5.81. The van der Waals surface area contributed by atoms with E-state index < -0.39 is 23.0 Å². The van der Waals surface area contributed by atoms with Crippen molar-refractivity contribution in [3.05, 3.63) is 81.9 Å². The van der Waals surface area contributed by atoms with Crippen LogP contribution < -0.4 is 10.9 Å². The maximum atomic E-state index is 13.7. The molecule has 0 saturated carbocycles. The molecule has 0 radical (unpaired) electrons. The van der Waals surface area contributed by atoms with Crippen molar-refractivity contribution < 1.29 is 17.7 Å². The van der Waals surface area contributed by atoms with Gasteiger partial charge in [-0.3, -0.25) is 4.79 Å². The number of hydrogen-bond acceptors (Lipinski definition) is 7. The van der Waals surface area contributed by atoms with Crippen LogP contribution in [0.15, 0.2) is 57.8 Å². The average Bonchev–Trinajstić information content (AvgIpc) is 3.48. The third-order valence-corrected chi connectivity index (χ3v) is 5.81. The van der Waals surface area contributed by atoms with E-state index in [1.54, 1.807) is 18.2 Å². The molecule has 0 amide bonds. The molecule has 3 heterocycles. The number of likely N-dealkylation sites (N-methyl/N-ethyl adjacent to an activating group) is 1. The summed E-state index contributed by atoms with van der Waals surface area (Å²) in [6.45, 7) is 1.98. The molecule has 0 bridgehead atoms. The summed E-state index contributed by atoms with van der Waals surface area (Å²) in [6, 6.07) is 12.0. The van der Waals surface area contributed by atoms with Crippen LogP contribution in [0.5, 0.6) is 0 Å². The van der Waals surface area contributed by atoms with Crippen LogP contribution in [0.2, 0.25) is 0 Å².